The van der Waals surface area contributed by atoms with Gasteiger partial charge in [0.05, 0.1) is 0 Å². The van der Waals surface area contributed by atoms with E-state index in [9.17, 15) is 0 Å². The Morgan fingerprint density at radius 2 is 0.212 bits per heavy atom. The van der Waals surface area contributed by atoms with Gasteiger partial charge < -0.3 is 0 Å². The maximum absolute atomic E-state index is 2.13. The molecule has 0 unspecified atom stereocenters. The molecule has 10 aromatic carbocycles. The average Bonchev–Trinajstić information content (AvgIpc) is 3.54. The maximum Gasteiger partial charge on any atom is 0.0191 e. The summed E-state index contributed by atoms with van der Waals surface area (Å²) in [5, 5.41) is 0. The van der Waals surface area contributed by atoms with Crippen molar-refractivity contribution in [1.29, 1.82) is 0 Å². The zero-order valence-corrected chi connectivity index (χ0v) is 58.4. The van der Waals surface area contributed by atoms with Crippen molar-refractivity contribution in [2.75, 3.05) is 0 Å². The summed E-state index contributed by atoms with van der Waals surface area (Å²) >= 11 is 0. The molecule has 20 heteroatoms. The van der Waals surface area contributed by atoms with E-state index in [0.717, 1.165) is 0 Å². The summed E-state index contributed by atoms with van der Waals surface area (Å²) in [6.07, 6.45) is 0. The minimum Gasteiger partial charge on any atom is -0.0622 e. The van der Waals surface area contributed by atoms with Gasteiger partial charge in [-0.1, -0.05) is 204 Å². The van der Waals surface area contributed by atoms with Crippen molar-refractivity contribution >= 4 is 206 Å². The van der Waals surface area contributed by atoms with Crippen LogP contribution in [0.4, 0.5) is 0 Å². The van der Waals surface area contributed by atoms with Crippen LogP contribution in [-0.4, -0.2) is 0 Å². The summed E-state index contributed by atoms with van der Waals surface area (Å²) < 4.78 is 0. The first-order valence-corrected chi connectivity index (χ1v) is 47.7. The van der Waals surface area contributed by atoms with E-state index in [1.54, 1.807) is 206 Å². The van der Waals surface area contributed by atoms with Gasteiger partial charge in [-0.15, -0.1) is 0 Å². The number of hydrogen-bond donors (Lipinski definition) is 0. The van der Waals surface area contributed by atoms with Crippen LogP contribution in [0.3, 0.4) is 0 Å². The number of benzene rings is 10. The van der Waals surface area contributed by atoms with Crippen LogP contribution in [0.25, 0.3) is 0 Å². The lowest BCUT2D eigenvalue weighted by Gasteiger charge is -1.99. The molecule has 0 aliphatic rings. The van der Waals surface area contributed by atoms with Gasteiger partial charge in [0.15, 0.2) is 0 Å². The van der Waals surface area contributed by atoms with Gasteiger partial charge in [0.2, 0.25) is 0 Å². The van der Waals surface area contributed by atoms with E-state index in [0.29, 0.717) is 0 Å². The van der Waals surface area contributed by atoms with Gasteiger partial charge in [-0.3, -0.25) is 0 Å². The molecule has 0 saturated heterocycles. The summed E-state index contributed by atoms with van der Waals surface area (Å²) in [7, 11) is 36.0. The normalized spacial score (nSPS) is 10.2. The molecule has 0 nitrogen and oxygen atoms in total. The van der Waals surface area contributed by atoms with E-state index in [1.807, 2.05) is 60.7 Å². The Bertz CT molecular complexity index is 2770. The largest absolute Gasteiger partial charge is 0.0622 e. The van der Waals surface area contributed by atoms with E-state index >= 15 is 0 Å². The van der Waals surface area contributed by atoms with Crippen LogP contribution in [0.5, 0.6) is 0 Å². The van der Waals surface area contributed by atoms with E-state index in [4.69, 9.17) is 0 Å². The first-order chi connectivity index (χ1) is 39.7. The molecule has 0 fully saturated rings. The molecule has 0 saturated carbocycles. The van der Waals surface area contributed by atoms with Gasteiger partial charge in [-0.2, -0.15) is 0 Å². The first kappa shape index (κ1) is 68.3. The van der Waals surface area contributed by atoms with Crippen LogP contribution >= 0.6 is 206 Å². The van der Waals surface area contributed by atoms with Gasteiger partial charge in [0.1, 0.15) is 0 Å². The second kappa shape index (κ2) is 47.4. The minimum atomic E-state index is 1.29. The molecule has 0 bridgehead atoms. The summed E-state index contributed by atoms with van der Waals surface area (Å²) in [6.45, 7) is 0. The fourth-order valence-corrected chi connectivity index (χ4v) is 35.6. The molecule has 0 atom stereocenters. The van der Waals surface area contributed by atoms with Crippen LogP contribution in [0, 0.1) is 0 Å². The zero-order valence-electron chi connectivity index (χ0n) is 42.0. The van der Waals surface area contributed by atoms with Crippen LogP contribution in [0.1, 0.15) is 0 Å². The fraction of sp³-hybridized carbons (Fsp3) is 0. The molecule has 0 aromatic heterocycles. The lowest BCUT2D eigenvalue weighted by Crippen LogP contribution is -1.67. The summed E-state index contributed by atoms with van der Waals surface area (Å²) in [6, 6.07) is 104. The standard InChI is InChI=1S/C12H10S6.C12H10S5.C12H10S4.C12H10S3.C12H10S2/c1-3-7-11(8-4-1)13-15-17-18-16-14-12-9-5-2-6-10-12;1-3-7-11(8-4-1)13-15-17-16-14-12-9-5-2-6-10-12;1-3-7-11(8-4-1)13-15-16-14-12-9-5-2-6-10-12;1-3-7-11(8-4-1)13-15-14-12-9-5-2-6-10-12;1-3-7-11(8-4-1)13-14-12-9-5-2-6-10-12/h1-10H;1-10H;1-10H;1-10H;1-10H. The van der Waals surface area contributed by atoms with Gasteiger partial charge >= 0.3 is 0 Å². The van der Waals surface area contributed by atoms with E-state index in [1.165, 1.54) is 49.0 Å². The van der Waals surface area contributed by atoms with Crippen LogP contribution in [0.2, 0.25) is 0 Å². The summed E-state index contributed by atoms with van der Waals surface area (Å²) in [4.78, 5) is 13.0. The Morgan fingerprint density at radius 3 is 0.375 bits per heavy atom. The number of rotatable bonds is 25. The van der Waals surface area contributed by atoms with Gasteiger partial charge in [0, 0.05) is 49.0 Å². The minimum absolute atomic E-state index is 1.29. The molecule has 410 valence electrons. The molecule has 80 heavy (non-hydrogen) atoms. The van der Waals surface area contributed by atoms with Crippen molar-refractivity contribution in [3.8, 4) is 0 Å². The number of hydrogen-bond acceptors (Lipinski definition) is 20. The Morgan fingerprint density at radius 1 is 0.100 bits per heavy atom. The molecule has 0 aliphatic heterocycles. The van der Waals surface area contributed by atoms with Crippen molar-refractivity contribution in [2.45, 2.75) is 49.0 Å². The third-order valence-corrected chi connectivity index (χ3v) is 40.0. The quantitative estimate of drug-likeness (QED) is 0.0393. The van der Waals surface area contributed by atoms with Crippen molar-refractivity contribution in [2.24, 2.45) is 0 Å². The highest BCUT2D eigenvalue weighted by molar-refractivity contribution is 9.42. The van der Waals surface area contributed by atoms with Crippen molar-refractivity contribution in [3.63, 3.8) is 0 Å². The van der Waals surface area contributed by atoms with Crippen LogP contribution in [-0.2, 0) is 0 Å². The monoisotopic (exact) mass is 1410 g/mol. The van der Waals surface area contributed by atoms with E-state index < -0.39 is 0 Å². The first-order valence-electron chi connectivity index (χ1n) is 23.6. The second-order valence-corrected chi connectivity index (χ2v) is 43.7. The highest BCUT2D eigenvalue weighted by Crippen LogP contribution is 2.56. The lowest BCUT2D eigenvalue weighted by molar-refractivity contribution is 1.47. The van der Waals surface area contributed by atoms with Gasteiger partial charge in [-0.25, -0.2) is 0 Å². The maximum atomic E-state index is 2.13. The third kappa shape index (κ3) is 34.4. The molecule has 0 N–H and O–H groups in total. The Balaban J connectivity index is 0.000000162. The van der Waals surface area contributed by atoms with Gasteiger partial charge in [0.25, 0.3) is 0 Å². The van der Waals surface area contributed by atoms with E-state index in [2.05, 4.69) is 243 Å². The average molecular weight is 1410 g/mol. The Hall–Kier alpha value is -0.800. The van der Waals surface area contributed by atoms with E-state index in [-0.39, 0.29) is 0 Å². The van der Waals surface area contributed by atoms with Crippen molar-refractivity contribution < 1.29 is 0 Å². The highest BCUT2D eigenvalue weighted by Gasteiger charge is 2.01. The smallest absolute Gasteiger partial charge is 0.0191 e. The molecule has 0 amide bonds. The zero-order chi connectivity index (χ0) is 55.3. The molecular formula is C60H50S20. The van der Waals surface area contributed by atoms with Crippen molar-refractivity contribution in [1.82, 2.24) is 0 Å². The molecule has 0 spiro atoms. The fourth-order valence-electron chi connectivity index (χ4n) is 5.31. The molecule has 0 heterocycles. The SMILES string of the molecule is c1ccc(SSSSSSc2ccccc2)cc1.c1ccc(SSSSSc2ccccc2)cc1.c1ccc(SSSSc2ccccc2)cc1.c1ccc(SSSc2ccccc2)cc1.c1ccc(SSc2ccccc2)cc1. The summed E-state index contributed by atoms with van der Waals surface area (Å²) in [5.74, 6) is 0. The summed E-state index contributed by atoms with van der Waals surface area (Å²) in [5.41, 5.74) is 0. The van der Waals surface area contributed by atoms with Gasteiger partial charge in [-0.05, 0) is 306 Å². The molecule has 0 aliphatic carbocycles. The second-order valence-electron chi connectivity index (χ2n) is 14.6. The molecular weight excluding hydrogens is 1360 g/mol. The third-order valence-electron chi connectivity index (χ3n) is 8.87. The molecule has 10 rings (SSSR count). The molecule has 0 radical (unpaired) electrons. The molecule has 10 aromatic rings. The highest BCUT2D eigenvalue weighted by atomic mass is 33.9. The Labute approximate surface area is 550 Å². The Kier molecular flexibility index (Phi) is 40.4. The van der Waals surface area contributed by atoms with Crippen LogP contribution in [0.15, 0.2) is 352 Å². The lowest BCUT2D eigenvalue weighted by atomic mass is 10.4. The predicted molar refractivity (Wildman–Crippen MR) is 399 cm³/mol. The van der Waals surface area contributed by atoms with Crippen molar-refractivity contribution in [3.05, 3.63) is 303 Å². The topological polar surface area (TPSA) is 0 Å². The predicted octanol–water partition coefficient (Wildman–Crippen LogP) is 28.9. The van der Waals surface area contributed by atoms with Crippen LogP contribution < -0.4 is 0 Å².